The first-order valence-corrected chi connectivity index (χ1v) is 6.23. The Balaban J connectivity index is 0.000000612. The van der Waals surface area contributed by atoms with E-state index in [9.17, 15) is 10.1 Å². The third kappa shape index (κ3) is 5.46. The highest BCUT2D eigenvalue weighted by Gasteiger charge is 2.01. The van der Waals surface area contributed by atoms with Crippen molar-refractivity contribution < 1.29 is 4.92 Å². The fraction of sp³-hybridized carbons (Fsp3) is 0.125. The van der Waals surface area contributed by atoms with Crippen LogP contribution >= 0.6 is 0 Å². The van der Waals surface area contributed by atoms with Gasteiger partial charge in [-0.3, -0.25) is 10.1 Å². The Morgan fingerprint density at radius 3 is 1.80 bits per heavy atom. The van der Waals surface area contributed by atoms with E-state index in [0.29, 0.717) is 0 Å². The second-order valence-corrected chi connectivity index (χ2v) is 4.09. The third-order valence-corrected chi connectivity index (χ3v) is 2.37. The molecular formula is C16H18N2O2. The fourth-order valence-corrected chi connectivity index (χ4v) is 1.46. The highest BCUT2D eigenvalue weighted by atomic mass is 16.6. The Hall–Kier alpha value is -2.46. The first-order valence-electron chi connectivity index (χ1n) is 6.23. The number of hydrogen-bond donors (Lipinski definition) is 1. The maximum Gasteiger partial charge on any atom is 0.269 e. The maximum absolute atomic E-state index is 10.5. The van der Waals surface area contributed by atoms with Gasteiger partial charge in [0.15, 0.2) is 0 Å². The van der Waals surface area contributed by atoms with Crippen molar-refractivity contribution in [1.29, 1.82) is 0 Å². The molecule has 20 heavy (non-hydrogen) atoms. The molecule has 104 valence electrons. The number of hydrogen-bond acceptors (Lipinski definition) is 3. The largest absolute Gasteiger partial charge is 0.323 e. The van der Waals surface area contributed by atoms with Crippen LogP contribution in [-0.4, -0.2) is 19.0 Å². The summed E-state index contributed by atoms with van der Waals surface area (Å²) in [6, 6.07) is 16.4. The second-order valence-electron chi connectivity index (χ2n) is 4.09. The van der Waals surface area contributed by atoms with Gasteiger partial charge in [-0.15, -0.1) is 0 Å². The molecule has 0 aliphatic carbocycles. The third-order valence-electron chi connectivity index (χ3n) is 2.37. The summed E-state index contributed by atoms with van der Waals surface area (Å²) in [6.45, 7) is 0. The van der Waals surface area contributed by atoms with Crippen LogP contribution in [0.25, 0.3) is 12.2 Å². The summed E-state index contributed by atoms with van der Waals surface area (Å²) in [5, 5.41) is 13.2. The van der Waals surface area contributed by atoms with Crippen LogP contribution in [0.15, 0.2) is 54.6 Å². The van der Waals surface area contributed by atoms with Gasteiger partial charge in [-0.05, 0) is 37.4 Å². The number of nitro groups is 1. The molecule has 2 rings (SSSR count). The van der Waals surface area contributed by atoms with Crippen molar-refractivity contribution >= 4 is 17.8 Å². The van der Waals surface area contributed by atoms with E-state index in [1.54, 1.807) is 12.1 Å². The average molecular weight is 270 g/mol. The summed E-state index contributed by atoms with van der Waals surface area (Å²) < 4.78 is 0. The lowest BCUT2D eigenvalue weighted by molar-refractivity contribution is -0.384. The zero-order valence-corrected chi connectivity index (χ0v) is 11.6. The number of nitro benzene ring substituents is 1. The molecule has 4 nitrogen and oxygen atoms in total. The van der Waals surface area contributed by atoms with Crippen LogP contribution in [-0.2, 0) is 0 Å². The molecular weight excluding hydrogens is 252 g/mol. The summed E-state index contributed by atoms with van der Waals surface area (Å²) in [5.74, 6) is 0. The number of benzene rings is 2. The molecule has 0 aliphatic rings. The van der Waals surface area contributed by atoms with Gasteiger partial charge in [-0.2, -0.15) is 0 Å². The predicted octanol–water partition coefficient (Wildman–Crippen LogP) is 3.60. The van der Waals surface area contributed by atoms with E-state index >= 15 is 0 Å². The maximum atomic E-state index is 10.5. The number of rotatable bonds is 3. The van der Waals surface area contributed by atoms with Crippen LogP contribution in [0.3, 0.4) is 0 Å². The lowest BCUT2D eigenvalue weighted by atomic mass is 10.1. The van der Waals surface area contributed by atoms with Crippen LogP contribution < -0.4 is 5.32 Å². The average Bonchev–Trinajstić information content (AvgIpc) is 2.47. The van der Waals surface area contributed by atoms with E-state index in [1.165, 1.54) is 12.1 Å². The van der Waals surface area contributed by atoms with E-state index in [0.717, 1.165) is 11.1 Å². The zero-order chi connectivity index (χ0) is 14.8. The molecule has 0 amide bonds. The minimum Gasteiger partial charge on any atom is -0.323 e. The Morgan fingerprint density at radius 1 is 0.900 bits per heavy atom. The summed E-state index contributed by atoms with van der Waals surface area (Å²) in [5.41, 5.74) is 2.16. The molecule has 0 radical (unpaired) electrons. The zero-order valence-electron chi connectivity index (χ0n) is 11.6. The number of non-ortho nitro benzene ring substituents is 1. The van der Waals surface area contributed by atoms with E-state index in [1.807, 2.05) is 56.6 Å². The van der Waals surface area contributed by atoms with E-state index < -0.39 is 4.92 Å². The van der Waals surface area contributed by atoms with Gasteiger partial charge in [0.25, 0.3) is 5.69 Å². The minimum atomic E-state index is -0.398. The Kier molecular flexibility index (Phi) is 6.71. The number of nitrogens with one attached hydrogen (secondary N) is 1. The molecule has 1 N–H and O–H groups in total. The highest BCUT2D eigenvalue weighted by Crippen LogP contribution is 2.14. The lowest BCUT2D eigenvalue weighted by Crippen LogP contribution is -1.89. The number of nitrogens with zero attached hydrogens (tertiary/aromatic N) is 1. The lowest BCUT2D eigenvalue weighted by Gasteiger charge is -1.94. The molecule has 0 heterocycles. The molecule has 0 unspecified atom stereocenters. The van der Waals surface area contributed by atoms with Gasteiger partial charge in [-0.25, -0.2) is 0 Å². The van der Waals surface area contributed by atoms with Crippen molar-refractivity contribution in [1.82, 2.24) is 5.32 Å². The molecule has 0 atom stereocenters. The summed E-state index contributed by atoms with van der Waals surface area (Å²) in [4.78, 5) is 10.1. The van der Waals surface area contributed by atoms with E-state index in [-0.39, 0.29) is 5.69 Å². The molecule has 0 saturated heterocycles. The molecule has 4 heteroatoms. The molecule has 0 aromatic heterocycles. The van der Waals surface area contributed by atoms with Crippen molar-refractivity contribution in [2.24, 2.45) is 0 Å². The Bertz CT molecular complexity index is 548. The molecule has 2 aromatic rings. The smallest absolute Gasteiger partial charge is 0.269 e. The first-order chi connectivity index (χ1) is 9.67. The monoisotopic (exact) mass is 270 g/mol. The SMILES string of the molecule is CNC.O=[N+]([O-])c1ccc(C=Cc2ccccc2)cc1. The second kappa shape index (κ2) is 8.61. The molecule has 0 spiro atoms. The summed E-state index contributed by atoms with van der Waals surface area (Å²) in [6.07, 6.45) is 3.90. The normalized spacial score (nSPS) is 9.90. The molecule has 0 saturated carbocycles. The Labute approximate surface area is 118 Å². The molecule has 0 bridgehead atoms. The summed E-state index contributed by atoms with van der Waals surface area (Å²) >= 11 is 0. The van der Waals surface area contributed by atoms with Crippen molar-refractivity contribution in [2.75, 3.05) is 14.1 Å². The van der Waals surface area contributed by atoms with Gasteiger partial charge in [0.2, 0.25) is 0 Å². The predicted molar refractivity (Wildman–Crippen MR) is 83.5 cm³/mol. The van der Waals surface area contributed by atoms with Crippen LogP contribution in [0.4, 0.5) is 5.69 Å². The molecule has 0 aliphatic heterocycles. The van der Waals surface area contributed by atoms with Gasteiger partial charge >= 0.3 is 0 Å². The van der Waals surface area contributed by atoms with Crippen molar-refractivity contribution in [2.45, 2.75) is 0 Å². The Morgan fingerprint density at radius 2 is 1.35 bits per heavy atom. The van der Waals surface area contributed by atoms with Crippen LogP contribution in [0.1, 0.15) is 11.1 Å². The van der Waals surface area contributed by atoms with E-state index in [2.05, 4.69) is 5.32 Å². The van der Waals surface area contributed by atoms with Gasteiger partial charge in [0.05, 0.1) is 4.92 Å². The van der Waals surface area contributed by atoms with Crippen molar-refractivity contribution in [3.05, 3.63) is 75.8 Å². The quantitative estimate of drug-likeness (QED) is 0.526. The molecule has 2 aromatic carbocycles. The van der Waals surface area contributed by atoms with Gasteiger partial charge in [0, 0.05) is 12.1 Å². The van der Waals surface area contributed by atoms with Crippen LogP contribution in [0, 0.1) is 10.1 Å². The van der Waals surface area contributed by atoms with Crippen LogP contribution in [0.2, 0.25) is 0 Å². The minimum absolute atomic E-state index is 0.113. The standard InChI is InChI=1S/C14H11NO2.C2H7N/c16-15(17)14-10-8-13(9-11-14)7-6-12-4-2-1-3-5-12;1-3-2/h1-11H;3H,1-2H3. The fourth-order valence-electron chi connectivity index (χ4n) is 1.46. The van der Waals surface area contributed by atoms with Crippen LogP contribution in [0.5, 0.6) is 0 Å². The highest BCUT2D eigenvalue weighted by molar-refractivity contribution is 5.69. The molecule has 0 fully saturated rings. The van der Waals surface area contributed by atoms with Crippen molar-refractivity contribution in [3.8, 4) is 0 Å². The van der Waals surface area contributed by atoms with Gasteiger partial charge in [0.1, 0.15) is 0 Å². The summed E-state index contributed by atoms with van der Waals surface area (Å²) in [7, 11) is 3.75. The van der Waals surface area contributed by atoms with Gasteiger partial charge in [-0.1, -0.05) is 42.5 Å². The van der Waals surface area contributed by atoms with Gasteiger partial charge < -0.3 is 5.32 Å². The topological polar surface area (TPSA) is 55.2 Å². The van der Waals surface area contributed by atoms with Crippen molar-refractivity contribution in [3.63, 3.8) is 0 Å². The first kappa shape index (κ1) is 15.6. The van der Waals surface area contributed by atoms with E-state index in [4.69, 9.17) is 0 Å².